The Morgan fingerprint density at radius 2 is 1.83 bits per heavy atom. The minimum absolute atomic E-state index is 0.00257. The van der Waals surface area contributed by atoms with Gasteiger partial charge in [-0.25, -0.2) is 18.2 Å². The number of aryl methyl sites for hydroxylation is 2. The first-order valence-corrected chi connectivity index (χ1v) is 10.4. The van der Waals surface area contributed by atoms with Gasteiger partial charge in [-0.1, -0.05) is 0 Å². The van der Waals surface area contributed by atoms with Crippen molar-refractivity contribution in [2.75, 3.05) is 11.9 Å². The summed E-state index contributed by atoms with van der Waals surface area (Å²) in [6, 6.07) is 1.59. The Bertz CT molecular complexity index is 1290. The smallest absolute Gasteiger partial charge is 0.437 e. The van der Waals surface area contributed by atoms with Crippen molar-refractivity contribution in [3.63, 3.8) is 0 Å². The molecule has 1 amide bonds. The fourth-order valence-electron chi connectivity index (χ4n) is 3.38. The molecule has 0 spiro atoms. The van der Waals surface area contributed by atoms with E-state index in [1.54, 1.807) is 7.05 Å². The number of amides is 1. The SMILES string of the molecule is Cc1[nH]nc(C(F)(F)F)c1NC(=O)c1cc(F)c(-c2cn(C)c(C(C)(C)O)n2)cc1OCC(C)(F)F. The van der Waals surface area contributed by atoms with Gasteiger partial charge in [0.2, 0.25) is 0 Å². The van der Waals surface area contributed by atoms with Crippen molar-refractivity contribution >= 4 is 11.6 Å². The van der Waals surface area contributed by atoms with Crippen molar-refractivity contribution < 1.29 is 41.0 Å². The van der Waals surface area contributed by atoms with Crippen molar-refractivity contribution in [2.24, 2.45) is 7.05 Å². The molecular weight excluding hydrogens is 496 g/mol. The van der Waals surface area contributed by atoms with Crippen molar-refractivity contribution in [1.82, 2.24) is 19.7 Å². The standard InChI is InChI=1S/C22H23F6N5O3/c1-10-16(17(32-31-10)22(26,27)28)30-18(34)12-6-13(23)11(7-15(12)36-9-21(4,24)25)14-8-33(5)19(29-14)20(2,3)35/h6-8,35H,9H2,1-5H3,(H,30,34)(H,31,32). The first kappa shape index (κ1) is 27.0. The van der Waals surface area contributed by atoms with E-state index in [1.807, 2.05) is 5.32 Å². The number of anilines is 1. The Labute approximate surface area is 201 Å². The summed E-state index contributed by atoms with van der Waals surface area (Å²) in [4.78, 5) is 17.1. The Morgan fingerprint density at radius 3 is 2.36 bits per heavy atom. The second-order valence-corrected chi connectivity index (χ2v) is 8.83. The summed E-state index contributed by atoms with van der Waals surface area (Å²) >= 11 is 0. The predicted octanol–water partition coefficient (Wildman–Crippen LogP) is 4.79. The number of aliphatic hydroxyl groups is 1. The Balaban J connectivity index is 2.09. The van der Waals surface area contributed by atoms with E-state index >= 15 is 4.39 Å². The van der Waals surface area contributed by atoms with Gasteiger partial charge in [0.15, 0.2) is 12.3 Å². The van der Waals surface area contributed by atoms with Gasteiger partial charge in [-0.2, -0.15) is 18.3 Å². The Hall–Kier alpha value is -3.55. The van der Waals surface area contributed by atoms with Gasteiger partial charge in [0, 0.05) is 25.7 Å². The summed E-state index contributed by atoms with van der Waals surface area (Å²) < 4.78 is 88.3. The normalized spacial score (nSPS) is 12.7. The van der Waals surface area contributed by atoms with Crippen molar-refractivity contribution in [2.45, 2.75) is 45.4 Å². The van der Waals surface area contributed by atoms with Crippen LogP contribution in [0, 0.1) is 12.7 Å². The van der Waals surface area contributed by atoms with E-state index in [1.165, 1.54) is 31.5 Å². The van der Waals surface area contributed by atoms with E-state index in [9.17, 15) is 31.9 Å². The van der Waals surface area contributed by atoms with Crippen LogP contribution >= 0.6 is 0 Å². The lowest BCUT2D eigenvalue weighted by Gasteiger charge is -2.17. The third-order valence-corrected chi connectivity index (χ3v) is 4.95. The maximum absolute atomic E-state index is 15.1. The topological polar surface area (TPSA) is 105 Å². The summed E-state index contributed by atoms with van der Waals surface area (Å²) in [5, 5.41) is 17.5. The van der Waals surface area contributed by atoms with Gasteiger partial charge in [0.25, 0.3) is 11.8 Å². The molecule has 14 heteroatoms. The number of rotatable bonds is 7. The fraction of sp³-hybridized carbons (Fsp3) is 0.409. The van der Waals surface area contributed by atoms with Crippen molar-refractivity contribution in [1.29, 1.82) is 0 Å². The first-order chi connectivity index (χ1) is 16.4. The molecule has 0 aliphatic heterocycles. The summed E-state index contributed by atoms with van der Waals surface area (Å²) in [6.45, 7) is 3.48. The number of carbonyl (C=O) groups excluding carboxylic acids is 1. The van der Waals surface area contributed by atoms with Crippen LogP contribution in [0.3, 0.4) is 0 Å². The molecule has 2 heterocycles. The number of ether oxygens (including phenoxy) is 1. The summed E-state index contributed by atoms with van der Waals surface area (Å²) in [6.07, 6.45) is -3.54. The molecule has 0 atom stereocenters. The highest BCUT2D eigenvalue weighted by Crippen LogP contribution is 2.36. The summed E-state index contributed by atoms with van der Waals surface area (Å²) in [7, 11) is 1.55. The van der Waals surface area contributed by atoms with Crippen LogP contribution < -0.4 is 10.1 Å². The van der Waals surface area contributed by atoms with E-state index in [4.69, 9.17) is 4.74 Å². The monoisotopic (exact) mass is 519 g/mol. The molecule has 3 aromatic rings. The molecule has 0 aliphatic carbocycles. The zero-order valence-corrected chi connectivity index (χ0v) is 19.8. The average Bonchev–Trinajstić information content (AvgIpc) is 3.28. The molecule has 0 bridgehead atoms. The van der Waals surface area contributed by atoms with E-state index < -0.39 is 58.7 Å². The largest absolute Gasteiger partial charge is 0.486 e. The minimum atomic E-state index is -4.91. The molecule has 0 aliphatic rings. The van der Waals surface area contributed by atoms with E-state index in [2.05, 4.69) is 15.2 Å². The average molecular weight is 519 g/mol. The predicted molar refractivity (Wildman–Crippen MR) is 116 cm³/mol. The zero-order valence-electron chi connectivity index (χ0n) is 19.8. The van der Waals surface area contributed by atoms with Gasteiger partial charge < -0.3 is 19.7 Å². The Kier molecular flexibility index (Phi) is 6.87. The number of hydrogen-bond acceptors (Lipinski definition) is 5. The third kappa shape index (κ3) is 5.80. The number of nitrogens with one attached hydrogen (secondary N) is 2. The lowest BCUT2D eigenvalue weighted by molar-refractivity contribution is -0.140. The highest BCUT2D eigenvalue weighted by molar-refractivity contribution is 6.07. The number of benzene rings is 1. The molecule has 3 N–H and O–H groups in total. The number of imidazole rings is 1. The van der Waals surface area contributed by atoms with Crippen molar-refractivity contribution in [3.05, 3.63) is 46.9 Å². The van der Waals surface area contributed by atoms with Crippen molar-refractivity contribution in [3.8, 4) is 17.0 Å². The first-order valence-electron chi connectivity index (χ1n) is 10.4. The van der Waals surface area contributed by atoms with Gasteiger partial charge in [-0.15, -0.1) is 0 Å². The molecule has 0 fully saturated rings. The molecule has 1 aromatic carbocycles. The molecule has 3 rings (SSSR count). The molecule has 36 heavy (non-hydrogen) atoms. The quantitative estimate of drug-likeness (QED) is 0.390. The van der Waals surface area contributed by atoms with Gasteiger partial charge in [-0.3, -0.25) is 9.89 Å². The molecule has 8 nitrogen and oxygen atoms in total. The van der Waals surface area contributed by atoms with E-state index in [0.29, 0.717) is 13.0 Å². The lowest BCUT2D eigenvalue weighted by atomic mass is 10.1. The number of alkyl halides is 5. The van der Waals surface area contributed by atoms with Crippen LogP contribution in [0.4, 0.5) is 32.0 Å². The third-order valence-electron chi connectivity index (χ3n) is 4.95. The second-order valence-electron chi connectivity index (χ2n) is 8.83. The zero-order chi connectivity index (χ0) is 27.2. The number of aromatic nitrogens is 4. The number of hydrogen-bond donors (Lipinski definition) is 3. The Morgan fingerprint density at radius 1 is 1.19 bits per heavy atom. The summed E-state index contributed by atoms with van der Waals surface area (Å²) in [5.74, 6) is -5.97. The number of aromatic amines is 1. The molecule has 0 saturated carbocycles. The molecule has 196 valence electrons. The molecule has 2 aromatic heterocycles. The number of halogens is 6. The lowest BCUT2D eigenvalue weighted by Crippen LogP contribution is -2.23. The minimum Gasteiger partial charge on any atom is -0.486 e. The van der Waals surface area contributed by atoms with E-state index in [-0.39, 0.29) is 22.8 Å². The maximum atomic E-state index is 15.1. The molecule has 0 radical (unpaired) electrons. The second kappa shape index (κ2) is 9.15. The maximum Gasteiger partial charge on any atom is 0.437 e. The highest BCUT2D eigenvalue weighted by atomic mass is 19.4. The van der Waals surface area contributed by atoms with Crippen LogP contribution in [0.1, 0.15) is 48.3 Å². The van der Waals surface area contributed by atoms with Crippen LogP contribution in [0.5, 0.6) is 5.75 Å². The highest BCUT2D eigenvalue weighted by Gasteiger charge is 2.38. The summed E-state index contributed by atoms with van der Waals surface area (Å²) in [5.41, 5.74) is -4.54. The van der Waals surface area contributed by atoms with Crippen LogP contribution in [0.2, 0.25) is 0 Å². The number of H-pyrrole nitrogens is 1. The van der Waals surface area contributed by atoms with Gasteiger partial charge >= 0.3 is 6.18 Å². The van der Waals surface area contributed by atoms with Crippen LogP contribution in [0.15, 0.2) is 18.3 Å². The van der Waals surface area contributed by atoms with Gasteiger partial charge in [-0.05, 0) is 32.9 Å². The van der Waals surface area contributed by atoms with Gasteiger partial charge in [0.1, 0.15) is 23.0 Å². The molecule has 0 unspecified atom stereocenters. The van der Waals surface area contributed by atoms with Gasteiger partial charge in [0.05, 0.1) is 22.6 Å². The molecule has 0 saturated heterocycles. The van der Waals surface area contributed by atoms with Crippen LogP contribution in [-0.2, 0) is 18.8 Å². The van der Waals surface area contributed by atoms with E-state index in [0.717, 1.165) is 6.07 Å². The van der Waals surface area contributed by atoms with Crippen LogP contribution in [0.25, 0.3) is 11.3 Å². The number of carbonyl (C=O) groups is 1. The number of nitrogens with zero attached hydrogens (tertiary/aromatic N) is 3. The molecular formula is C22H23F6N5O3. The van der Waals surface area contributed by atoms with Crippen LogP contribution in [-0.4, -0.2) is 43.3 Å². The fourth-order valence-corrected chi connectivity index (χ4v) is 3.38.